The van der Waals surface area contributed by atoms with Crippen molar-refractivity contribution in [3.05, 3.63) is 30.0 Å². The maximum atomic E-state index is 12.7. The minimum absolute atomic E-state index is 0.192. The van der Waals surface area contributed by atoms with E-state index in [1.165, 1.54) is 0 Å². The monoisotopic (exact) mass is 287 g/mol. The normalized spacial score (nSPS) is 21.9. The number of carboxylic acid groups (broad SMARTS) is 1. The SMILES string of the molecule is CC1C(C(=O)O)CCN1C(=O)c1nn(C)c2ccccc12. The van der Waals surface area contributed by atoms with E-state index >= 15 is 0 Å². The molecule has 1 amide bonds. The molecule has 1 aromatic heterocycles. The van der Waals surface area contributed by atoms with E-state index in [1.807, 2.05) is 24.3 Å². The molecular formula is C15H17N3O3. The highest BCUT2D eigenvalue weighted by Gasteiger charge is 2.39. The van der Waals surface area contributed by atoms with Crippen molar-refractivity contribution >= 4 is 22.8 Å². The summed E-state index contributed by atoms with van der Waals surface area (Å²) in [6.07, 6.45) is 0.493. The minimum atomic E-state index is -0.844. The van der Waals surface area contributed by atoms with Gasteiger partial charge in [-0.2, -0.15) is 5.10 Å². The van der Waals surface area contributed by atoms with Crippen molar-refractivity contribution in [3.8, 4) is 0 Å². The number of fused-ring (bicyclic) bond motifs is 1. The number of likely N-dealkylation sites (tertiary alicyclic amines) is 1. The number of carbonyl (C=O) groups excluding carboxylic acids is 1. The van der Waals surface area contributed by atoms with E-state index < -0.39 is 11.9 Å². The quantitative estimate of drug-likeness (QED) is 0.908. The van der Waals surface area contributed by atoms with E-state index in [2.05, 4.69) is 5.10 Å². The summed E-state index contributed by atoms with van der Waals surface area (Å²) in [7, 11) is 1.80. The third-order valence-electron chi connectivity index (χ3n) is 4.29. The largest absolute Gasteiger partial charge is 0.481 e. The molecule has 0 aliphatic carbocycles. The average Bonchev–Trinajstić information content (AvgIpc) is 3.00. The van der Waals surface area contributed by atoms with Gasteiger partial charge >= 0.3 is 5.97 Å². The molecule has 0 spiro atoms. The third-order valence-corrected chi connectivity index (χ3v) is 4.29. The fourth-order valence-corrected chi connectivity index (χ4v) is 3.06. The number of amides is 1. The number of para-hydroxylation sites is 1. The van der Waals surface area contributed by atoms with Crippen LogP contribution in [0, 0.1) is 5.92 Å². The summed E-state index contributed by atoms with van der Waals surface area (Å²) in [5, 5.41) is 14.3. The molecule has 1 aromatic carbocycles. The highest BCUT2D eigenvalue weighted by atomic mass is 16.4. The maximum Gasteiger partial charge on any atom is 0.308 e. The van der Waals surface area contributed by atoms with Crippen LogP contribution < -0.4 is 0 Å². The Balaban J connectivity index is 1.97. The Morgan fingerprint density at radius 3 is 2.71 bits per heavy atom. The molecule has 110 valence electrons. The number of carboxylic acids is 1. The van der Waals surface area contributed by atoms with Crippen LogP contribution in [-0.2, 0) is 11.8 Å². The predicted molar refractivity (Wildman–Crippen MR) is 77.0 cm³/mol. The summed E-state index contributed by atoms with van der Waals surface area (Å²) in [5.41, 5.74) is 1.29. The van der Waals surface area contributed by atoms with Crippen LogP contribution in [0.4, 0.5) is 0 Å². The van der Waals surface area contributed by atoms with E-state index in [-0.39, 0.29) is 11.9 Å². The molecule has 2 atom stereocenters. The number of benzene rings is 1. The van der Waals surface area contributed by atoms with Crippen LogP contribution in [0.2, 0.25) is 0 Å². The van der Waals surface area contributed by atoms with E-state index in [9.17, 15) is 14.7 Å². The Kier molecular flexibility index (Phi) is 3.16. The molecule has 0 bridgehead atoms. The first kappa shape index (κ1) is 13.6. The zero-order valence-corrected chi connectivity index (χ0v) is 12.0. The van der Waals surface area contributed by atoms with E-state index in [1.54, 1.807) is 23.6 Å². The van der Waals surface area contributed by atoms with Crippen molar-refractivity contribution in [2.24, 2.45) is 13.0 Å². The molecule has 1 aliphatic rings. The van der Waals surface area contributed by atoms with Crippen molar-refractivity contribution in [1.29, 1.82) is 0 Å². The van der Waals surface area contributed by atoms with E-state index in [0.29, 0.717) is 18.7 Å². The van der Waals surface area contributed by atoms with Gasteiger partial charge in [-0.1, -0.05) is 18.2 Å². The number of aromatic nitrogens is 2. The van der Waals surface area contributed by atoms with Gasteiger partial charge in [0.25, 0.3) is 5.91 Å². The first-order chi connectivity index (χ1) is 10.0. The van der Waals surface area contributed by atoms with E-state index in [4.69, 9.17) is 0 Å². The molecule has 0 radical (unpaired) electrons. The molecule has 1 aliphatic heterocycles. The fourth-order valence-electron chi connectivity index (χ4n) is 3.06. The van der Waals surface area contributed by atoms with Crippen molar-refractivity contribution in [2.45, 2.75) is 19.4 Å². The number of hydrogen-bond donors (Lipinski definition) is 1. The highest BCUT2D eigenvalue weighted by molar-refractivity contribution is 6.05. The van der Waals surface area contributed by atoms with Crippen LogP contribution in [0.25, 0.3) is 10.9 Å². The average molecular weight is 287 g/mol. The zero-order valence-electron chi connectivity index (χ0n) is 12.0. The maximum absolute atomic E-state index is 12.7. The molecule has 21 heavy (non-hydrogen) atoms. The Hall–Kier alpha value is -2.37. The molecule has 3 rings (SSSR count). The molecule has 2 unspecified atom stereocenters. The smallest absolute Gasteiger partial charge is 0.308 e. The van der Waals surface area contributed by atoms with Gasteiger partial charge < -0.3 is 10.0 Å². The van der Waals surface area contributed by atoms with Crippen molar-refractivity contribution in [2.75, 3.05) is 6.54 Å². The molecule has 2 aromatic rings. The topological polar surface area (TPSA) is 75.4 Å². The lowest BCUT2D eigenvalue weighted by molar-refractivity contribution is -0.142. The van der Waals surface area contributed by atoms with Gasteiger partial charge in [0.05, 0.1) is 11.4 Å². The molecule has 1 saturated heterocycles. The van der Waals surface area contributed by atoms with Crippen LogP contribution in [0.3, 0.4) is 0 Å². The Labute approximate surface area is 122 Å². The fraction of sp³-hybridized carbons (Fsp3) is 0.400. The third kappa shape index (κ3) is 2.07. The molecular weight excluding hydrogens is 270 g/mol. The van der Waals surface area contributed by atoms with Gasteiger partial charge in [-0.25, -0.2) is 0 Å². The number of rotatable bonds is 2. The van der Waals surface area contributed by atoms with E-state index in [0.717, 1.165) is 10.9 Å². The van der Waals surface area contributed by atoms with Gasteiger partial charge in [0.15, 0.2) is 5.69 Å². The van der Waals surface area contributed by atoms with Crippen LogP contribution in [0.5, 0.6) is 0 Å². The number of carbonyl (C=O) groups is 2. The molecule has 1 N–H and O–H groups in total. The van der Waals surface area contributed by atoms with Crippen molar-refractivity contribution < 1.29 is 14.7 Å². The molecule has 2 heterocycles. The lowest BCUT2D eigenvalue weighted by Crippen LogP contribution is -2.38. The Bertz CT molecular complexity index is 722. The van der Waals surface area contributed by atoms with Gasteiger partial charge in [0.1, 0.15) is 0 Å². The summed E-state index contributed by atoms with van der Waals surface area (Å²) >= 11 is 0. The lowest BCUT2D eigenvalue weighted by atomic mass is 10.0. The standard InChI is InChI=1S/C15H17N3O3/c1-9-10(15(20)21)7-8-18(9)14(19)13-11-5-3-4-6-12(11)17(2)16-13/h3-6,9-10H,7-8H2,1-2H3,(H,20,21). The summed E-state index contributed by atoms with van der Waals surface area (Å²) < 4.78 is 1.68. The van der Waals surface area contributed by atoms with Gasteiger partial charge in [0.2, 0.25) is 0 Å². The predicted octanol–water partition coefficient (Wildman–Crippen LogP) is 1.51. The second kappa shape index (κ2) is 4.87. The molecule has 6 heteroatoms. The van der Waals surface area contributed by atoms with Crippen LogP contribution >= 0.6 is 0 Å². The molecule has 1 fully saturated rings. The van der Waals surface area contributed by atoms with Crippen LogP contribution in [0.1, 0.15) is 23.8 Å². The summed E-state index contributed by atoms with van der Waals surface area (Å²) in [5.74, 6) is -1.53. The van der Waals surface area contributed by atoms with Crippen LogP contribution in [0.15, 0.2) is 24.3 Å². The van der Waals surface area contributed by atoms with Crippen LogP contribution in [-0.4, -0.2) is 44.3 Å². The number of aliphatic carboxylic acids is 1. The number of hydrogen-bond acceptors (Lipinski definition) is 3. The number of aryl methyl sites for hydroxylation is 1. The Morgan fingerprint density at radius 2 is 2.05 bits per heavy atom. The summed E-state index contributed by atoms with van der Waals surface area (Å²) in [6.45, 7) is 2.25. The van der Waals surface area contributed by atoms with Gasteiger partial charge in [-0.15, -0.1) is 0 Å². The molecule has 0 saturated carbocycles. The first-order valence-corrected chi connectivity index (χ1v) is 6.96. The van der Waals surface area contributed by atoms with Crippen molar-refractivity contribution in [3.63, 3.8) is 0 Å². The molecule has 6 nitrogen and oxygen atoms in total. The van der Waals surface area contributed by atoms with Gasteiger partial charge in [-0.05, 0) is 19.4 Å². The number of nitrogens with zero attached hydrogens (tertiary/aromatic N) is 3. The minimum Gasteiger partial charge on any atom is -0.481 e. The summed E-state index contributed by atoms with van der Waals surface area (Å²) in [4.78, 5) is 25.5. The second-order valence-electron chi connectivity index (χ2n) is 5.46. The zero-order chi connectivity index (χ0) is 15.1. The van der Waals surface area contributed by atoms with Gasteiger partial charge in [0, 0.05) is 25.0 Å². The lowest BCUT2D eigenvalue weighted by Gasteiger charge is -2.22. The van der Waals surface area contributed by atoms with Gasteiger partial charge in [-0.3, -0.25) is 14.3 Å². The second-order valence-corrected chi connectivity index (χ2v) is 5.46. The Morgan fingerprint density at radius 1 is 1.33 bits per heavy atom. The highest BCUT2D eigenvalue weighted by Crippen LogP contribution is 2.27. The van der Waals surface area contributed by atoms with Crippen molar-refractivity contribution in [1.82, 2.24) is 14.7 Å². The first-order valence-electron chi connectivity index (χ1n) is 6.96. The summed E-state index contributed by atoms with van der Waals surface area (Å²) in [6, 6.07) is 7.24.